The van der Waals surface area contributed by atoms with Crippen molar-refractivity contribution in [1.82, 2.24) is 0 Å². The molecule has 2 saturated carbocycles. The zero-order valence-electron chi connectivity index (χ0n) is 14.1. The zero-order chi connectivity index (χ0) is 15.7. The van der Waals surface area contributed by atoms with E-state index in [1.807, 2.05) is 0 Å². The van der Waals surface area contributed by atoms with Gasteiger partial charge in [-0.25, -0.2) is 0 Å². The lowest BCUT2D eigenvalue weighted by Crippen LogP contribution is -2.51. The van der Waals surface area contributed by atoms with Crippen LogP contribution in [0.5, 0.6) is 0 Å². The average molecular weight is 294 g/mol. The van der Waals surface area contributed by atoms with Gasteiger partial charge in [-0.2, -0.15) is 0 Å². The Labute approximate surface area is 133 Å². The molecular weight excluding hydrogens is 268 g/mol. The van der Waals surface area contributed by atoms with E-state index < -0.39 is 0 Å². The number of ketones is 1. The summed E-state index contributed by atoms with van der Waals surface area (Å²) in [6, 6.07) is 8.47. The number of hydrogen-bond acceptors (Lipinski definition) is 1. The van der Waals surface area contributed by atoms with Crippen LogP contribution >= 0.6 is 0 Å². The molecule has 1 heteroatoms. The van der Waals surface area contributed by atoms with Gasteiger partial charge in [-0.1, -0.05) is 63.1 Å². The molecule has 1 aromatic rings. The van der Waals surface area contributed by atoms with E-state index in [1.54, 1.807) is 5.57 Å². The molecule has 116 valence electrons. The summed E-state index contributed by atoms with van der Waals surface area (Å²) >= 11 is 0. The molecule has 0 spiro atoms. The number of fused-ring (bicyclic) bond motifs is 3. The van der Waals surface area contributed by atoms with Crippen LogP contribution in [-0.2, 0) is 4.79 Å². The number of carbonyl (C=O) groups excluding carboxylic acids is 1. The highest BCUT2D eigenvalue weighted by Crippen LogP contribution is 2.68. The highest BCUT2D eigenvalue weighted by atomic mass is 16.1. The normalized spacial score (nSPS) is 38.8. The summed E-state index contributed by atoms with van der Waals surface area (Å²) in [5.41, 5.74) is 4.61. The third-order valence-corrected chi connectivity index (χ3v) is 6.83. The predicted molar refractivity (Wildman–Crippen MR) is 89.7 cm³/mol. The molecule has 0 amide bonds. The Morgan fingerprint density at radius 1 is 1.09 bits per heavy atom. The third kappa shape index (κ3) is 1.63. The molecule has 0 radical (unpaired) electrons. The van der Waals surface area contributed by atoms with Gasteiger partial charge in [-0.05, 0) is 47.6 Å². The number of allylic oxidation sites excluding steroid dienone is 2. The van der Waals surface area contributed by atoms with Crippen molar-refractivity contribution in [3.63, 3.8) is 0 Å². The standard InChI is InChI=1S/C21H26O/c1-13-8-5-6-9-14(13)17-18-15(19(17)22)12-16-20(2,3)10-7-11-21(16,18)4/h5-6,8-9,12,15,17-18H,7,10-11H2,1-4H3/t15-,17-,18+,21+/m1/s1. The Kier molecular flexibility index (Phi) is 2.81. The van der Waals surface area contributed by atoms with Gasteiger partial charge >= 0.3 is 0 Å². The number of carbonyl (C=O) groups is 1. The van der Waals surface area contributed by atoms with E-state index in [0.29, 0.717) is 11.7 Å². The fraction of sp³-hybridized carbons (Fsp3) is 0.571. The van der Waals surface area contributed by atoms with Crippen LogP contribution in [0.15, 0.2) is 35.9 Å². The number of benzene rings is 1. The van der Waals surface area contributed by atoms with Gasteiger partial charge in [-0.15, -0.1) is 0 Å². The van der Waals surface area contributed by atoms with E-state index in [1.165, 1.54) is 30.4 Å². The van der Waals surface area contributed by atoms with E-state index in [0.717, 1.165) is 0 Å². The second-order valence-electron chi connectivity index (χ2n) is 8.52. The van der Waals surface area contributed by atoms with Crippen LogP contribution < -0.4 is 0 Å². The van der Waals surface area contributed by atoms with E-state index in [9.17, 15) is 4.79 Å². The topological polar surface area (TPSA) is 17.1 Å². The summed E-state index contributed by atoms with van der Waals surface area (Å²) in [6.45, 7) is 9.32. The van der Waals surface area contributed by atoms with Crippen LogP contribution in [0.4, 0.5) is 0 Å². The molecule has 0 heterocycles. The van der Waals surface area contributed by atoms with Crippen molar-refractivity contribution >= 4 is 5.78 Å². The van der Waals surface area contributed by atoms with Gasteiger partial charge < -0.3 is 0 Å². The Balaban J connectivity index is 1.78. The minimum absolute atomic E-state index is 0.124. The van der Waals surface area contributed by atoms with Crippen LogP contribution in [0.25, 0.3) is 0 Å². The fourth-order valence-electron chi connectivity index (χ4n) is 5.76. The first-order valence-electron chi connectivity index (χ1n) is 8.68. The third-order valence-electron chi connectivity index (χ3n) is 6.83. The van der Waals surface area contributed by atoms with Gasteiger partial charge in [0, 0.05) is 11.8 Å². The summed E-state index contributed by atoms with van der Waals surface area (Å²) in [4.78, 5) is 12.8. The summed E-state index contributed by atoms with van der Waals surface area (Å²) in [6.07, 6.45) is 6.16. The minimum atomic E-state index is 0.124. The largest absolute Gasteiger partial charge is 0.298 e. The molecule has 2 fully saturated rings. The molecule has 1 nitrogen and oxygen atoms in total. The van der Waals surface area contributed by atoms with Gasteiger partial charge in [0.1, 0.15) is 5.78 Å². The van der Waals surface area contributed by atoms with Crippen LogP contribution in [0.3, 0.4) is 0 Å². The van der Waals surface area contributed by atoms with Crippen molar-refractivity contribution in [2.45, 2.75) is 52.9 Å². The average Bonchev–Trinajstić information content (AvgIpc) is 2.72. The van der Waals surface area contributed by atoms with Crippen molar-refractivity contribution < 1.29 is 4.79 Å². The van der Waals surface area contributed by atoms with Crippen molar-refractivity contribution in [3.05, 3.63) is 47.0 Å². The lowest BCUT2D eigenvalue weighted by Gasteiger charge is -2.52. The molecule has 22 heavy (non-hydrogen) atoms. The smallest absolute Gasteiger partial charge is 0.147 e. The maximum absolute atomic E-state index is 12.8. The quantitative estimate of drug-likeness (QED) is 0.662. The number of hydrogen-bond donors (Lipinski definition) is 0. The molecule has 0 aliphatic heterocycles. The zero-order valence-corrected chi connectivity index (χ0v) is 14.1. The van der Waals surface area contributed by atoms with Crippen molar-refractivity contribution in [2.75, 3.05) is 0 Å². The van der Waals surface area contributed by atoms with Gasteiger partial charge in [-0.3, -0.25) is 4.79 Å². The molecule has 3 aliphatic carbocycles. The molecule has 3 aliphatic rings. The Hall–Kier alpha value is -1.37. The summed E-state index contributed by atoms with van der Waals surface area (Å²) in [5, 5.41) is 0. The SMILES string of the molecule is Cc1ccccc1[C@H]1C(=O)[C@@H]2C=C3C(C)(C)CCC[C@]3(C)[C@H]12. The number of rotatable bonds is 1. The highest BCUT2D eigenvalue weighted by molar-refractivity contribution is 5.98. The maximum atomic E-state index is 12.8. The molecule has 0 aromatic heterocycles. The second-order valence-corrected chi connectivity index (χ2v) is 8.52. The molecule has 0 N–H and O–H groups in total. The fourth-order valence-corrected chi connectivity index (χ4v) is 5.76. The van der Waals surface area contributed by atoms with Gasteiger partial charge in [0.05, 0.1) is 0 Å². The first-order chi connectivity index (χ1) is 10.4. The summed E-state index contributed by atoms with van der Waals surface area (Å²) < 4.78 is 0. The lowest BCUT2D eigenvalue weighted by atomic mass is 9.50. The molecule has 4 atom stereocenters. The van der Waals surface area contributed by atoms with E-state index in [4.69, 9.17) is 0 Å². The first-order valence-corrected chi connectivity index (χ1v) is 8.68. The number of aryl methyl sites for hydroxylation is 1. The van der Waals surface area contributed by atoms with Gasteiger partial charge in [0.15, 0.2) is 0 Å². The van der Waals surface area contributed by atoms with Crippen LogP contribution in [-0.4, -0.2) is 5.78 Å². The van der Waals surface area contributed by atoms with E-state index in [2.05, 4.69) is 58.0 Å². The van der Waals surface area contributed by atoms with Gasteiger partial charge in [0.25, 0.3) is 0 Å². The lowest BCUT2D eigenvalue weighted by molar-refractivity contribution is -0.138. The van der Waals surface area contributed by atoms with Crippen LogP contribution in [0.2, 0.25) is 0 Å². The molecule has 0 bridgehead atoms. The summed E-state index contributed by atoms with van der Waals surface area (Å²) in [5.74, 6) is 1.26. The molecular formula is C21H26O. The van der Waals surface area contributed by atoms with E-state index >= 15 is 0 Å². The Morgan fingerprint density at radius 3 is 2.55 bits per heavy atom. The van der Waals surface area contributed by atoms with Crippen LogP contribution in [0.1, 0.15) is 57.1 Å². The number of Topliss-reactive ketones (excluding diaryl/α,β-unsaturated/α-hetero) is 1. The molecule has 1 aromatic carbocycles. The first kappa shape index (κ1) is 14.2. The van der Waals surface area contributed by atoms with Crippen LogP contribution in [0, 0.1) is 29.6 Å². The van der Waals surface area contributed by atoms with E-state index in [-0.39, 0.29) is 22.7 Å². The Bertz CT molecular complexity index is 681. The minimum Gasteiger partial charge on any atom is -0.298 e. The molecule has 4 rings (SSSR count). The maximum Gasteiger partial charge on any atom is 0.147 e. The monoisotopic (exact) mass is 294 g/mol. The Morgan fingerprint density at radius 2 is 1.82 bits per heavy atom. The predicted octanol–water partition coefficient (Wildman–Crippen LogP) is 5.05. The van der Waals surface area contributed by atoms with Crippen molar-refractivity contribution in [2.24, 2.45) is 22.7 Å². The van der Waals surface area contributed by atoms with Crippen molar-refractivity contribution in [1.29, 1.82) is 0 Å². The highest BCUT2D eigenvalue weighted by Gasteiger charge is 2.64. The summed E-state index contributed by atoms with van der Waals surface area (Å²) in [7, 11) is 0. The van der Waals surface area contributed by atoms with Crippen molar-refractivity contribution in [3.8, 4) is 0 Å². The molecule has 0 saturated heterocycles. The second kappa shape index (κ2) is 4.34. The van der Waals surface area contributed by atoms with Gasteiger partial charge in [0.2, 0.25) is 0 Å². The molecule has 0 unspecified atom stereocenters.